The minimum atomic E-state index is 0.308. The summed E-state index contributed by atoms with van der Waals surface area (Å²) in [6, 6.07) is 0. The van der Waals surface area contributed by atoms with Crippen molar-refractivity contribution in [2.75, 3.05) is 0 Å². The van der Waals surface area contributed by atoms with Crippen LogP contribution in [0.15, 0.2) is 12.2 Å². The molecule has 1 atom stereocenters. The summed E-state index contributed by atoms with van der Waals surface area (Å²) >= 11 is 0. The van der Waals surface area contributed by atoms with Crippen molar-refractivity contribution in [2.24, 2.45) is 5.92 Å². The smallest absolute Gasteiger partial charge is 0.158 e. The van der Waals surface area contributed by atoms with Crippen LogP contribution in [-0.4, -0.2) is 5.78 Å². The molecule has 0 radical (unpaired) electrons. The largest absolute Gasteiger partial charge is 0.295 e. The van der Waals surface area contributed by atoms with E-state index in [0.29, 0.717) is 11.7 Å². The molecule has 0 N–H and O–H groups in total. The van der Waals surface area contributed by atoms with Gasteiger partial charge in [-0.3, -0.25) is 4.79 Å². The average Bonchev–Trinajstić information content (AvgIpc) is 2.08. The van der Waals surface area contributed by atoms with E-state index in [2.05, 4.69) is 13.5 Å². The van der Waals surface area contributed by atoms with Crippen LogP contribution in [0.4, 0.5) is 0 Å². The number of unbranched alkanes of at least 4 members (excludes halogenated alkanes) is 1. The fourth-order valence-electron chi connectivity index (χ4n) is 1.84. The Bertz CT molecular complexity index is 181. The predicted octanol–water partition coefficient (Wildman–Crippen LogP) is 3.10. The Morgan fingerprint density at radius 3 is 3.00 bits per heavy atom. The molecule has 0 bridgehead atoms. The highest BCUT2D eigenvalue weighted by Crippen LogP contribution is 2.29. The molecule has 0 saturated heterocycles. The van der Waals surface area contributed by atoms with Gasteiger partial charge in [0.15, 0.2) is 5.78 Å². The number of hydrogen-bond acceptors (Lipinski definition) is 1. The number of carbonyl (C=O) groups excluding carboxylic acids is 1. The molecule has 1 heteroatoms. The molecule has 12 heavy (non-hydrogen) atoms. The first kappa shape index (κ1) is 9.50. The zero-order valence-electron chi connectivity index (χ0n) is 7.94. The molecule has 0 spiro atoms. The lowest BCUT2D eigenvalue weighted by Gasteiger charge is -2.22. The highest BCUT2D eigenvalue weighted by atomic mass is 16.1. The molecule has 0 amide bonds. The molecule has 0 aromatic heterocycles. The van der Waals surface area contributed by atoms with Crippen LogP contribution in [0.25, 0.3) is 0 Å². The van der Waals surface area contributed by atoms with Crippen LogP contribution in [-0.2, 0) is 4.79 Å². The molecule has 1 aliphatic rings. The molecular weight excluding hydrogens is 148 g/mol. The van der Waals surface area contributed by atoms with Crippen LogP contribution in [0.2, 0.25) is 0 Å². The maximum atomic E-state index is 11.3. The minimum Gasteiger partial charge on any atom is -0.295 e. The highest BCUT2D eigenvalue weighted by molar-refractivity contribution is 5.95. The molecule has 0 aromatic carbocycles. The topological polar surface area (TPSA) is 17.1 Å². The van der Waals surface area contributed by atoms with Crippen molar-refractivity contribution in [1.82, 2.24) is 0 Å². The van der Waals surface area contributed by atoms with Gasteiger partial charge in [-0.05, 0) is 30.8 Å². The van der Waals surface area contributed by atoms with Gasteiger partial charge in [-0.2, -0.15) is 0 Å². The molecule has 1 aliphatic carbocycles. The minimum absolute atomic E-state index is 0.308. The maximum Gasteiger partial charge on any atom is 0.158 e. The number of carbonyl (C=O) groups is 1. The summed E-state index contributed by atoms with van der Waals surface area (Å²) in [5.41, 5.74) is 0.898. The zero-order valence-corrected chi connectivity index (χ0v) is 7.94. The van der Waals surface area contributed by atoms with Crippen molar-refractivity contribution >= 4 is 5.78 Å². The third kappa shape index (κ3) is 2.20. The molecule has 0 aromatic rings. The van der Waals surface area contributed by atoms with E-state index in [0.717, 1.165) is 18.4 Å². The lowest BCUT2D eigenvalue weighted by Crippen LogP contribution is -2.18. The Morgan fingerprint density at radius 1 is 1.58 bits per heavy atom. The van der Waals surface area contributed by atoms with E-state index in [-0.39, 0.29) is 0 Å². The Kier molecular flexibility index (Phi) is 3.51. The molecule has 0 heterocycles. The summed E-state index contributed by atoms with van der Waals surface area (Å²) in [5, 5.41) is 0. The van der Waals surface area contributed by atoms with Gasteiger partial charge < -0.3 is 0 Å². The van der Waals surface area contributed by atoms with Gasteiger partial charge in [0.2, 0.25) is 0 Å². The van der Waals surface area contributed by atoms with E-state index in [9.17, 15) is 4.79 Å². The predicted molar refractivity (Wildman–Crippen MR) is 51.0 cm³/mol. The highest BCUT2D eigenvalue weighted by Gasteiger charge is 2.22. The van der Waals surface area contributed by atoms with E-state index in [1.807, 2.05) is 0 Å². The summed E-state index contributed by atoms with van der Waals surface area (Å²) in [4.78, 5) is 11.3. The molecule has 68 valence electrons. The Labute approximate surface area is 74.9 Å². The molecule has 1 fully saturated rings. The molecule has 1 saturated carbocycles. The second-order valence-corrected chi connectivity index (χ2v) is 3.68. The SMILES string of the molecule is C=C1C(=O)CCC[C@@H]1CCCC. The van der Waals surface area contributed by atoms with Gasteiger partial charge in [-0.15, -0.1) is 0 Å². The monoisotopic (exact) mass is 166 g/mol. The fourth-order valence-corrected chi connectivity index (χ4v) is 1.84. The van der Waals surface area contributed by atoms with Gasteiger partial charge in [-0.25, -0.2) is 0 Å². The second-order valence-electron chi connectivity index (χ2n) is 3.68. The van der Waals surface area contributed by atoms with Crippen molar-refractivity contribution in [2.45, 2.75) is 45.4 Å². The lowest BCUT2D eigenvalue weighted by atomic mass is 9.81. The van der Waals surface area contributed by atoms with Gasteiger partial charge in [0.05, 0.1) is 0 Å². The van der Waals surface area contributed by atoms with Crippen molar-refractivity contribution in [3.63, 3.8) is 0 Å². The first-order valence-corrected chi connectivity index (χ1v) is 4.97. The third-order valence-electron chi connectivity index (χ3n) is 2.71. The normalized spacial score (nSPS) is 24.6. The van der Waals surface area contributed by atoms with E-state index in [4.69, 9.17) is 0 Å². The number of rotatable bonds is 3. The van der Waals surface area contributed by atoms with Gasteiger partial charge in [0, 0.05) is 6.42 Å². The number of Topliss-reactive ketones (excluding diaryl/α,β-unsaturated/α-hetero) is 1. The molecule has 1 nitrogen and oxygen atoms in total. The molecular formula is C11H18O. The summed E-state index contributed by atoms with van der Waals surface area (Å²) in [7, 11) is 0. The summed E-state index contributed by atoms with van der Waals surface area (Å²) in [5.74, 6) is 0.813. The Balaban J connectivity index is 2.41. The van der Waals surface area contributed by atoms with Gasteiger partial charge in [0.25, 0.3) is 0 Å². The van der Waals surface area contributed by atoms with E-state index >= 15 is 0 Å². The van der Waals surface area contributed by atoms with E-state index in [1.54, 1.807) is 0 Å². The van der Waals surface area contributed by atoms with Crippen LogP contribution in [0.3, 0.4) is 0 Å². The van der Waals surface area contributed by atoms with Crippen molar-refractivity contribution < 1.29 is 4.79 Å². The van der Waals surface area contributed by atoms with Crippen LogP contribution < -0.4 is 0 Å². The van der Waals surface area contributed by atoms with Gasteiger partial charge in [0.1, 0.15) is 0 Å². The average molecular weight is 166 g/mol. The summed E-state index contributed by atoms with van der Waals surface area (Å²) < 4.78 is 0. The Hall–Kier alpha value is -0.590. The first-order valence-electron chi connectivity index (χ1n) is 4.97. The molecule has 1 rings (SSSR count). The fraction of sp³-hybridized carbons (Fsp3) is 0.727. The van der Waals surface area contributed by atoms with Crippen LogP contribution >= 0.6 is 0 Å². The lowest BCUT2D eigenvalue weighted by molar-refractivity contribution is -0.117. The second kappa shape index (κ2) is 4.44. The van der Waals surface area contributed by atoms with Crippen molar-refractivity contribution in [3.05, 3.63) is 12.2 Å². The Morgan fingerprint density at radius 2 is 2.33 bits per heavy atom. The van der Waals surface area contributed by atoms with Gasteiger partial charge >= 0.3 is 0 Å². The molecule has 0 aliphatic heterocycles. The summed E-state index contributed by atoms with van der Waals surface area (Å²) in [6.07, 6.45) is 6.62. The maximum absolute atomic E-state index is 11.3. The first-order chi connectivity index (χ1) is 5.75. The van der Waals surface area contributed by atoms with E-state index < -0.39 is 0 Å². The van der Waals surface area contributed by atoms with Gasteiger partial charge in [-0.1, -0.05) is 26.3 Å². The van der Waals surface area contributed by atoms with Crippen LogP contribution in [0, 0.1) is 5.92 Å². The summed E-state index contributed by atoms with van der Waals surface area (Å²) in [6.45, 7) is 6.07. The zero-order chi connectivity index (χ0) is 8.97. The number of ketones is 1. The van der Waals surface area contributed by atoms with Crippen molar-refractivity contribution in [3.8, 4) is 0 Å². The third-order valence-corrected chi connectivity index (χ3v) is 2.71. The van der Waals surface area contributed by atoms with E-state index in [1.165, 1.54) is 25.7 Å². The van der Waals surface area contributed by atoms with Crippen molar-refractivity contribution in [1.29, 1.82) is 0 Å². The number of allylic oxidation sites excluding steroid dienone is 1. The molecule has 0 unspecified atom stereocenters. The number of hydrogen-bond donors (Lipinski definition) is 0. The van der Waals surface area contributed by atoms with Crippen LogP contribution in [0.5, 0.6) is 0 Å². The van der Waals surface area contributed by atoms with Crippen LogP contribution in [0.1, 0.15) is 45.4 Å². The quantitative estimate of drug-likeness (QED) is 0.589. The standard InChI is InChI=1S/C11H18O/c1-3-4-6-10-7-5-8-11(12)9(10)2/h10H,2-8H2,1H3/t10-/m0/s1.